The van der Waals surface area contributed by atoms with Gasteiger partial charge in [0.05, 0.1) is 0 Å². The lowest BCUT2D eigenvalue weighted by Crippen LogP contribution is -2.54. The second-order valence-electron chi connectivity index (χ2n) is 4.77. The Morgan fingerprint density at radius 1 is 1.32 bits per heavy atom. The first-order valence-electron chi connectivity index (χ1n) is 6.58. The monoisotopic (exact) mass is 290 g/mol. The average Bonchev–Trinajstić information content (AvgIpc) is 2.29. The van der Waals surface area contributed by atoms with Crippen molar-refractivity contribution in [1.29, 1.82) is 0 Å². The highest BCUT2D eigenvalue weighted by molar-refractivity contribution is 7.86. The maximum atomic E-state index is 11.3. The summed E-state index contributed by atoms with van der Waals surface area (Å²) < 4.78 is 31.8. The molecule has 0 bridgehead atoms. The third-order valence-electron chi connectivity index (χ3n) is 3.13. The predicted molar refractivity (Wildman–Crippen MR) is 72.7 cm³/mol. The van der Waals surface area contributed by atoms with E-state index >= 15 is 0 Å². The number of hydrogen-bond donors (Lipinski definition) is 2. The van der Waals surface area contributed by atoms with Crippen molar-refractivity contribution in [1.82, 2.24) is 10.2 Å². The molecule has 0 spiro atoms. The highest BCUT2D eigenvalue weighted by atomic mass is 32.2. The number of carbonyl (C=O) groups is 1. The lowest BCUT2D eigenvalue weighted by atomic mass is 10.1. The number of unbranched alkanes of at least 4 members (excludes halogenated alkanes) is 4. The van der Waals surface area contributed by atoms with Gasteiger partial charge in [-0.1, -0.05) is 32.6 Å². The fourth-order valence-electron chi connectivity index (χ4n) is 2.11. The van der Waals surface area contributed by atoms with Crippen LogP contribution in [0.3, 0.4) is 0 Å². The van der Waals surface area contributed by atoms with Gasteiger partial charge in [-0.05, 0) is 13.3 Å². The molecule has 1 heterocycles. The highest BCUT2D eigenvalue weighted by Gasteiger charge is 2.34. The van der Waals surface area contributed by atoms with Crippen molar-refractivity contribution in [3.8, 4) is 0 Å². The van der Waals surface area contributed by atoms with Gasteiger partial charge in [0.1, 0.15) is 0 Å². The van der Waals surface area contributed by atoms with Gasteiger partial charge in [0.2, 0.25) is 11.4 Å². The highest BCUT2D eigenvalue weighted by Crippen LogP contribution is 2.17. The van der Waals surface area contributed by atoms with E-state index in [1.807, 2.05) is 0 Å². The van der Waals surface area contributed by atoms with E-state index in [2.05, 4.69) is 12.2 Å². The molecule has 6 nitrogen and oxygen atoms in total. The van der Waals surface area contributed by atoms with Gasteiger partial charge in [-0.3, -0.25) is 9.35 Å². The summed E-state index contributed by atoms with van der Waals surface area (Å²) in [6.07, 6.45) is 6.58. The fourth-order valence-corrected chi connectivity index (χ4v) is 2.97. The number of allylic oxidation sites excluding steroid dienone is 1. The van der Waals surface area contributed by atoms with Gasteiger partial charge in [-0.15, -0.1) is 0 Å². The SMILES string of the molecule is CCCCCCCN1C(C)=CC(=O)NC1S(=O)(=O)O. The van der Waals surface area contributed by atoms with Gasteiger partial charge in [-0.25, -0.2) is 0 Å². The molecule has 1 aliphatic rings. The first-order chi connectivity index (χ1) is 8.86. The van der Waals surface area contributed by atoms with Crippen LogP contribution in [-0.4, -0.2) is 35.8 Å². The van der Waals surface area contributed by atoms with Gasteiger partial charge in [-0.2, -0.15) is 8.42 Å². The zero-order chi connectivity index (χ0) is 14.5. The first-order valence-corrected chi connectivity index (χ1v) is 8.08. The number of nitrogens with one attached hydrogen (secondary N) is 1. The molecule has 0 aliphatic carbocycles. The molecule has 0 saturated heterocycles. The minimum atomic E-state index is -4.34. The second-order valence-corrected chi connectivity index (χ2v) is 6.25. The smallest absolute Gasteiger partial charge is 0.306 e. The normalized spacial score (nSPS) is 20.2. The Hall–Kier alpha value is -1.08. The molecular formula is C12H22N2O4S. The maximum Gasteiger partial charge on any atom is 0.306 e. The van der Waals surface area contributed by atoms with E-state index in [9.17, 15) is 17.8 Å². The van der Waals surface area contributed by atoms with Crippen molar-refractivity contribution >= 4 is 16.0 Å². The maximum absolute atomic E-state index is 11.3. The summed E-state index contributed by atoms with van der Waals surface area (Å²) in [5, 5.41) is 2.26. The molecule has 0 saturated carbocycles. The first kappa shape index (κ1) is 16.0. The quantitative estimate of drug-likeness (QED) is 0.547. The van der Waals surface area contributed by atoms with Gasteiger partial charge in [0, 0.05) is 18.3 Å². The summed E-state index contributed by atoms with van der Waals surface area (Å²) in [6, 6.07) is 0. The number of nitrogens with zero attached hydrogens (tertiary/aromatic N) is 1. The molecule has 19 heavy (non-hydrogen) atoms. The Balaban J connectivity index is 2.65. The van der Waals surface area contributed by atoms with Crippen LogP contribution in [0.1, 0.15) is 46.0 Å². The van der Waals surface area contributed by atoms with Crippen LogP contribution < -0.4 is 5.32 Å². The van der Waals surface area contributed by atoms with Crippen LogP contribution in [0.2, 0.25) is 0 Å². The van der Waals surface area contributed by atoms with Gasteiger partial charge >= 0.3 is 10.1 Å². The molecule has 0 radical (unpaired) electrons. The molecule has 1 rings (SSSR count). The molecule has 1 aliphatic heterocycles. The number of carbonyl (C=O) groups excluding carboxylic acids is 1. The molecule has 1 unspecified atom stereocenters. The lowest BCUT2D eigenvalue weighted by Gasteiger charge is -2.35. The van der Waals surface area contributed by atoms with Crippen molar-refractivity contribution in [2.24, 2.45) is 0 Å². The van der Waals surface area contributed by atoms with E-state index in [0.717, 1.165) is 32.1 Å². The van der Waals surface area contributed by atoms with Crippen LogP contribution in [0.5, 0.6) is 0 Å². The molecule has 0 aromatic heterocycles. The van der Waals surface area contributed by atoms with Crippen LogP contribution in [0.25, 0.3) is 0 Å². The Kier molecular flexibility index (Phi) is 5.81. The van der Waals surface area contributed by atoms with Crippen molar-refractivity contribution in [2.75, 3.05) is 6.54 Å². The van der Waals surface area contributed by atoms with E-state index in [1.54, 1.807) is 6.92 Å². The van der Waals surface area contributed by atoms with E-state index < -0.39 is 21.5 Å². The minimum absolute atomic E-state index is 0.497. The molecule has 2 N–H and O–H groups in total. The van der Waals surface area contributed by atoms with E-state index in [1.165, 1.54) is 11.0 Å². The lowest BCUT2D eigenvalue weighted by molar-refractivity contribution is -0.118. The van der Waals surface area contributed by atoms with Crippen LogP contribution in [0.4, 0.5) is 0 Å². The van der Waals surface area contributed by atoms with Crippen molar-refractivity contribution in [3.63, 3.8) is 0 Å². The Morgan fingerprint density at radius 2 is 1.95 bits per heavy atom. The molecule has 0 aromatic rings. The van der Waals surface area contributed by atoms with Crippen LogP contribution in [0, 0.1) is 0 Å². The minimum Gasteiger partial charge on any atom is -0.340 e. The average molecular weight is 290 g/mol. The summed E-state index contributed by atoms with van der Waals surface area (Å²) in [6.45, 7) is 4.29. The fraction of sp³-hybridized carbons (Fsp3) is 0.750. The summed E-state index contributed by atoms with van der Waals surface area (Å²) in [5.41, 5.74) is -0.807. The molecule has 7 heteroatoms. The molecule has 110 valence electrons. The molecule has 1 atom stereocenters. The van der Waals surface area contributed by atoms with E-state index in [0.29, 0.717) is 12.2 Å². The topological polar surface area (TPSA) is 86.7 Å². The summed E-state index contributed by atoms with van der Waals surface area (Å²) in [7, 11) is -4.34. The summed E-state index contributed by atoms with van der Waals surface area (Å²) >= 11 is 0. The largest absolute Gasteiger partial charge is 0.340 e. The second kappa shape index (κ2) is 6.91. The third kappa shape index (κ3) is 4.83. The summed E-state index contributed by atoms with van der Waals surface area (Å²) in [5.74, 6) is -0.498. The third-order valence-corrected chi connectivity index (χ3v) is 4.06. The van der Waals surface area contributed by atoms with E-state index in [-0.39, 0.29) is 0 Å². The van der Waals surface area contributed by atoms with Crippen LogP contribution in [0.15, 0.2) is 11.8 Å². The van der Waals surface area contributed by atoms with Gasteiger partial charge < -0.3 is 10.2 Å². The number of amides is 1. The van der Waals surface area contributed by atoms with Crippen molar-refractivity contribution in [2.45, 2.75) is 51.4 Å². The predicted octanol–water partition coefficient (Wildman–Crippen LogP) is 1.46. The van der Waals surface area contributed by atoms with Crippen molar-refractivity contribution in [3.05, 3.63) is 11.8 Å². The number of rotatable bonds is 7. The van der Waals surface area contributed by atoms with Crippen LogP contribution in [-0.2, 0) is 14.9 Å². The molecule has 0 aromatic carbocycles. The standard InChI is InChI=1S/C12H22N2O4S/c1-3-4-5-6-7-8-14-10(2)9-11(15)13-12(14)19(16,17)18/h9,12H,3-8H2,1-2H3,(H,13,15)(H,16,17,18). The van der Waals surface area contributed by atoms with Crippen LogP contribution >= 0.6 is 0 Å². The molecule has 1 amide bonds. The zero-order valence-corrected chi connectivity index (χ0v) is 12.2. The van der Waals surface area contributed by atoms with Gasteiger partial charge in [0.25, 0.3) is 0 Å². The van der Waals surface area contributed by atoms with Gasteiger partial charge in [0.15, 0.2) is 0 Å². The summed E-state index contributed by atoms with van der Waals surface area (Å²) in [4.78, 5) is 12.8. The Labute approximate surface area is 114 Å². The van der Waals surface area contributed by atoms with E-state index in [4.69, 9.17) is 0 Å². The van der Waals surface area contributed by atoms with Crippen molar-refractivity contribution < 1.29 is 17.8 Å². The molecular weight excluding hydrogens is 268 g/mol. The Bertz CT molecular complexity index is 445. The number of hydrogen-bond acceptors (Lipinski definition) is 4. The molecule has 0 fully saturated rings. The zero-order valence-electron chi connectivity index (χ0n) is 11.4. The Morgan fingerprint density at radius 3 is 2.53 bits per heavy atom.